The van der Waals surface area contributed by atoms with Gasteiger partial charge in [-0.05, 0) is 49.3 Å². The number of hydrogen-bond donors (Lipinski definition) is 1. The fourth-order valence-corrected chi connectivity index (χ4v) is 4.77. The monoisotopic (exact) mass is 522 g/mol. The number of anilines is 1. The van der Waals surface area contributed by atoms with E-state index in [1.807, 2.05) is 37.3 Å². The maximum absolute atomic E-state index is 13.3. The molecule has 0 aliphatic carbocycles. The third kappa shape index (κ3) is 6.10. The minimum absolute atomic E-state index is 0.368. The highest BCUT2D eigenvalue weighted by Gasteiger charge is 2.35. The van der Waals surface area contributed by atoms with Gasteiger partial charge in [0, 0.05) is 5.70 Å². The maximum Gasteiger partial charge on any atom is 0.338 e. The second-order valence-electron chi connectivity index (χ2n) is 8.84. The molecule has 0 saturated carbocycles. The number of nitrogens with one attached hydrogen (secondary N) is 1. The molecule has 196 valence electrons. The first-order chi connectivity index (χ1) is 17.9. The number of aromatic nitrogens is 3. The number of nitrogens with zero attached hydrogens (tertiary/aromatic N) is 3. The van der Waals surface area contributed by atoms with Gasteiger partial charge in [-0.25, -0.2) is 9.48 Å². The Morgan fingerprint density at radius 1 is 1.14 bits per heavy atom. The smallest absolute Gasteiger partial charge is 0.338 e. The summed E-state index contributed by atoms with van der Waals surface area (Å²) in [4.78, 5) is 17.9. The van der Waals surface area contributed by atoms with Crippen molar-refractivity contribution in [2.24, 2.45) is 0 Å². The van der Waals surface area contributed by atoms with E-state index in [1.165, 1.54) is 5.56 Å². The van der Waals surface area contributed by atoms with Crippen molar-refractivity contribution in [3.63, 3.8) is 0 Å². The molecule has 37 heavy (non-hydrogen) atoms. The van der Waals surface area contributed by atoms with E-state index in [4.69, 9.17) is 19.3 Å². The number of unbranched alkanes of at least 4 members (excludes halogenated alkanes) is 1. The molecule has 0 amide bonds. The molecule has 1 aromatic heterocycles. The number of aryl methyl sites for hydroxylation is 1. The van der Waals surface area contributed by atoms with E-state index in [9.17, 15) is 4.79 Å². The first-order valence-corrected chi connectivity index (χ1v) is 13.5. The number of carbonyl (C=O) groups is 1. The number of allylic oxidation sites excluding steroid dienone is 1. The van der Waals surface area contributed by atoms with Crippen LogP contribution in [-0.2, 0) is 16.1 Å². The first-order valence-electron chi connectivity index (χ1n) is 12.6. The van der Waals surface area contributed by atoms with E-state index in [0.29, 0.717) is 47.1 Å². The van der Waals surface area contributed by atoms with E-state index in [2.05, 4.69) is 43.2 Å². The van der Waals surface area contributed by atoms with Gasteiger partial charge in [0.15, 0.2) is 11.5 Å². The van der Waals surface area contributed by atoms with Crippen LogP contribution < -0.4 is 14.8 Å². The Morgan fingerprint density at radius 2 is 1.97 bits per heavy atom. The van der Waals surface area contributed by atoms with Crippen molar-refractivity contribution < 1.29 is 19.0 Å². The number of benzene rings is 2. The lowest BCUT2D eigenvalue weighted by molar-refractivity contribution is -0.139. The lowest BCUT2D eigenvalue weighted by atomic mass is 9.95. The quantitative estimate of drug-likeness (QED) is 0.189. The van der Waals surface area contributed by atoms with Crippen molar-refractivity contribution in [1.29, 1.82) is 0 Å². The minimum atomic E-state index is -0.524. The molecule has 0 spiro atoms. The van der Waals surface area contributed by atoms with Crippen molar-refractivity contribution in [2.45, 2.75) is 58.3 Å². The molecule has 2 heterocycles. The fourth-order valence-electron chi connectivity index (χ4n) is 4.22. The number of ether oxygens (including phenoxy) is 3. The largest absolute Gasteiger partial charge is 0.493 e. The van der Waals surface area contributed by atoms with E-state index < -0.39 is 6.04 Å². The Hall–Kier alpha value is -3.46. The van der Waals surface area contributed by atoms with E-state index >= 15 is 0 Å². The summed E-state index contributed by atoms with van der Waals surface area (Å²) in [7, 11) is 1.61. The number of rotatable bonds is 11. The molecule has 1 aliphatic heterocycles. The molecular formula is C28H34N4O4S. The molecule has 0 radical (unpaired) electrons. The summed E-state index contributed by atoms with van der Waals surface area (Å²) in [6.07, 6.45) is 1.75. The average Bonchev–Trinajstić information content (AvgIpc) is 3.28. The Balaban J connectivity index is 1.69. The summed E-state index contributed by atoms with van der Waals surface area (Å²) < 4.78 is 19.2. The molecule has 0 fully saturated rings. The van der Waals surface area contributed by atoms with Gasteiger partial charge in [0.1, 0.15) is 12.6 Å². The van der Waals surface area contributed by atoms with Gasteiger partial charge in [0.25, 0.3) is 0 Å². The third-order valence-electron chi connectivity index (χ3n) is 6.04. The molecular weight excluding hydrogens is 488 g/mol. The fraction of sp³-hybridized carbons (Fsp3) is 0.393. The van der Waals surface area contributed by atoms with Crippen LogP contribution in [0.25, 0.3) is 0 Å². The molecule has 3 aromatic rings. The molecule has 0 bridgehead atoms. The molecule has 1 N–H and O–H groups in total. The zero-order chi connectivity index (χ0) is 26.4. The zero-order valence-electron chi connectivity index (χ0n) is 22.0. The van der Waals surface area contributed by atoms with Gasteiger partial charge in [-0.1, -0.05) is 67.9 Å². The predicted octanol–water partition coefficient (Wildman–Crippen LogP) is 5.92. The van der Waals surface area contributed by atoms with Crippen molar-refractivity contribution >= 4 is 23.7 Å². The van der Waals surface area contributed by atoms with E-state index in [1.54, 1.807) is 23.6 Å². The van der Waals surface area contributed by atoms with Crippen LogP contribution in [0.3, 0.4) is 0 Å². The molecule has 0 saturated heterocycles. The van der Waals surface area contributed by atoms with Gasteiger partial charge in [0.05, 0.1) is 19.3 Å². The molecule has 4 rings (SSSR count). The van der Waals surface area contributed by atoms with Crippen LogP contribution in [0.5, 0.6) is 11.5 Å². The second-order valence-corrected chi connectivity index (χ2v) is 10.1. The summed E-state index contributed by atoms with van der Waals surface area (Å²) in [5, 5.41) is 8.60. The van der Waals surface area contributed by atoms with E-state index in [0.717, 1.165) is 29.7 Å². The topological polar surface area (TPSA) is 87.5 Å². The highest BCUT2D eigenvalue weighted by atomic mass is 32.2. The third-order valence-corrected chi connectivity index (χ3v) is 6.76. The lowest BCUT2D eigenvalue weighted by Crippen LogP contribution is -2.29. The summed E-state index contributed by atoms with van der Waals surface area (Å²) in [6.45, 7) is 8.83. The summed E-state index contributed by atoms with van der Waals surface area (Å²) in [5.41, 5.74) is 4.27. The SMILES string of the molecule is CCCCOC(=O)C1=C(C)Nc2nc(SCC)nn2C1c1ccc(OCc2cccc(C)c2)c(OC)c1. The Labute approximate surface area is 222 Å². The minimum Gasteiger partial charge on any atom is -0.493 e. The average molecular weight is 523 g/mol. The highest BCUT2D eigenvalue weighted by Crippen LogP contribution is 2.40. The molecule has 1 unspecified atom stereocenters. The van der Waals surface area contributed by atoms with Gasteiger partial charge in [0.2, 0.25) is 11.1 Å². The number of hydrogen-bond acceptors (Lipinski definition) is 8. The van der Waals surface area contributed by atoms with Gasteiger partial charge < -0.3 is 19.5 Å². The molecule has 2 aromatic carbocycles. The van der Waals surface area contributed by atoms with Crippen LogP contribution in [0.1, 0.15) is 56.3 Å². The van der Waals surface area contributed by atoms with Gasteiger partial charge in [-0.2, -0.15) is 4.98 Å². The normalized spacial score (nSPS) is 14.7. The van der Waals surface area contributed by atoms with Crippen molar-refractivity contribution in [3.05, 3.63) is 70.4 Å². The number of methoxy groups -OCH3 is 1. The van der Waals surface area contributed by atoms with Gasteiger partial charge >= 0.3 is 5.97 Å². The van der Waals surface area contributed by atoms with Gasteiger partial charge in [-0.15, -0.1) is 5.10 Å². The van der Waals surface area contributed by atoms with Gasteiger partial charge in [-0.3, -0.25) is 0 Å². The van der Waals surface area contributed by atoms with E-state index in [-0.39, 0.29) is 5.97 Å². The van der Waals surface area contributed by atoms with Crippen LogP contribution in [0, 0.1) is 6.92 Å². The number of thioether (sulfide) groups is 1. The van der Waals surface area contributed by atoms with Crippen LogP contribution in [0.4, 0.5) is 5.95 Å². The van der Waals surface area contributed by atoms with Crippen LogP contribution in [-0.4, -0.2) is 40.2 Å². The Morgan fingerprint density at radius 3 is 2.70 bits per heavy atom. The molecule has 9 heteroatoms. The molecule has 1 aliphatic rings. The Kier molecular flexibility index (Phi) is 8.76. The van der Waals surface area contributed by atoms with Crippen LogP contribution in [0.2, 0.25) is 0 Å². The first kappa shape index (κ1) is 26.6. The van der Waals surface area contributed by atoms with Crippen LogP contribution >= 0.6 is 11.8 Å². The summed E-state index contributed by atoms with van der Waals surface area (Å²) in [6, 6.07) is 13.4. The second kappa shape index (κ2) is 12.2. The maximum atomic E-state index is 13.3. The predicted molar refractivity (Wildman–Crippen MR) is 145 cm³/mol. The molecule has 1 atom stereocenters. The van der Waals surface area contributed by atoms with Crippen molar-refractivity contribution in [1.82, 2.24) is 14.8 Å². The van der Waals surface area contributed by atoms with Crippen molar-refractivity contribution in [3.8, 4) is 11.5 Å². The molecule has 8 nitrogen and oxygen atoms in total. The number of fused-ring (bicyclic) bond motifs is 1. The number of esters is 1. The lowest BCUT2D eigenvalue weighted by Gasteiger charge is -2.28. The van der Waals surface area contributed by atoms with Crippen molar-refractivity contribution in [2.75, 3.05) is 24.8 Å². The summed E-state index contributed by atoms with van der Waals surface area (Å²) >= 11 is 1.55. The summed E-state index contributed by atoms with van der Waals surface area (Å²) in [5.74, 6) is 2.25. The number of carbonyl (C=O) groups excluding carboxylic acids is 1. The highest BCUT2D eigenvalue weighted by molar-refractivity contribution is 7.99. The Bertz CT molecular complexity index is 1290. The zero-order valence-corrected chi connectivity index (χ0v) is 22.9. The van der Waals surface area contributed by atoms with Crippen LogP contribution in [0.15, 0.2) is 58.9 Å². The standard InChI is InChI=1S/C28H34N4O4S/c1-6-8-14-35-26(33)24-19(4)29-27-30-28(37-7-2)31-32(27)25(24)21-12-13-22(23(16-21)34-5)36-17-20-11-9-10-18(3)15-20/h9-13,15-16,25H,6-8,14,17H2,1-5H3,(H,29,30,31).